The first-order valence-electron chi connectivity index (χ1n) is 11.6. The Bertz CT molecular complexity index is 945. The van der Waals surface area contributed by atoms with E-state index in [9.17, 15) is 14.4 Å². The molecule has 1 unspecified atom stereocenters. The van der Waals surface area contributed by atoms with Crippen LogP contribution in [0.2, 0.25) is 5.02 Å². The molecule has 1 aliphatic carbocycles. The second-order valence-electron chi connectivity index (χ2n) is 9.71. The van der Waals surface area contributed by atoms with Gasteiger partial charge in [0.2, 0.25) is 0 Å². The zero-order valence-corrected chi connectivity index (χ0v) is 20.5. The maximum atomic E-state index is 13.1. The fourth-order valence-corrected chi connectivity index (χ4v) is 4.27. The third-order valence-electron chi connectivity index (χ3n) is 6.01. The molecule has 2 amide bonds. The first-order chi connectivity index (χ1) is 15.6. The van der Waals surface area contributed by atoms with Crippen molar-refractivity contribution >= 4 is 29.6 Å². The number of amides is 2. The van der Waals surface area contributed by atoms with Gasteiger partial charge in [0.05, 0.1) is 28.7 Å². The van der Waals surface area contributed by atoms with E-state index in [-0.39, 0.29) is 10.8 Å². The summed E-state index contributed by atoms with van der Waals surface area (Å²) in [6, 6.07) is 3.74. The molecule has 1 heterocycles. The Morgan fingerprint density at radius 2 is 1.85 bits per heavy atom. The second kappa shape index (κ2) is 10.6. The van der Waals surface area contributed by atoms with Gasteiger partial charge in [0.15, 0.2) is 0 Å². The minimum absolute atomic E-state index is 0.214. The average molecular weight is 477 g/mol. The molecule has 1 aromatic rings. The molecule has 1 fully saturated rings. The second-order valence-corrected chi connectivity index (χ2v) is 10.1. The summed E-state index contributed by atoms with van der Waals surface area (Å²) in [5.74, 6) is -0.257. The van der Waals surface area contributed by atoms with Crippen LogP contribution in [0.3, 0.4) is 0 Å². The molecule has 2 aliphatic rings. The van der Waals surface area contributed by atoms with Gasteiger partial charge in [-0.15, -0.1) is 0 Å². The Kier molecular flexibility index (Phi) is 8.05. The third-order valence-corrected chi connectivity index (χ3v) is 6.30. The number of hydrogen-bond acceptors (Lipinski definition) is 5. The zero-order valence-electron chi connectivity index (χ0n) is 19.8. The van der Waals surface area contributed by atoms with Gasteiger partial charge in [-0.2, -0.15) is 0 Å². The van der Waals surface area contributed by atoms with Gasteiger partial charge in [0.25, 0.3) is 0 Å². The summed E-state index contributed by atoms with van der Waals surface area (Å²) >= 11 is 6.40. The van der Waals surface area contributed by atoms with Gasteiger partial charge in [-0.1, -0.05) is 43.9 Å². The highest BCUT2D eigenvalue weighted by Gasteiger charge is 2.34. The van der Waals surface area contributed by atoms with Gasteiger partial charge in [0.1, 0.15) is 5.75 Å². The summed E-state index contributed by atoms with van der Waals surface area (Å²) in [4.78, 5) is 37.6. The molecule has 1 aromatic carbocycles. The summed E-state index contributed by atoms with van der Waals surface area (Å²) in [6.45, 7) is 7.51. The van der Waals surface area contributed by atoms with Crippen LogP contribution in [0.15, 0.2) is 29.5 Å². The van der Waals surface area contributed by atoms with Crippen LogP contribution in [-0.4, -0.2) is 24.6 Å². The van der Waals surface area contributed by atoms with Gasteiger partial charge in [0, 0.05) is 5.70 Å². The molecule has 1 atom stereocenters. The van der Waals surface area contributed by atoms with Crippen molar-refractivity contribution in [3.63, 3.8) is 0 Å². The quantitative estimate of drug-likeness (QED) is 0.421. The van der Waals surface area contributed by atoms with E-state index in [2.05, 4.69) is 10.6 Å². The van der Waals surface area contributed by atoms with E-state index in [4.69, 9.17) is 21.1 Å². The topological polar surface area (TPSA) is 93.7 Å². The van der Waals surface area contributed by atoms with Crippen molar-refractivity contribution in [3.05, 3.63) is 40.1 Å². The maximum Gasteiger partial charge on any atom is 0.338 e. The van der Waals surface area contributed by atoms with Gasteiger partial charge >= 0.3 is 18.0 Å². The fourth-order valence-electron chi connectivity index (χ4n) is 4.05. The summed E-state index contributed by atoms with van der Waals surface area (Å²) < 4.78 is 11.1. The Balaban J connectivity index is 1.84. The van der Waals surface area contributed by atoms with Crippen molar-refractivity contribution in [2.24, 2.45) is 11.3 Å². The minimum atomic E-state index is -0.725. The number of carbonyl (C=O) groups excluding carboxylic acids is 3. The van der Waals surface area contributed by atoms with Crippen molar-refractivity contribution in [3.8, 4) is 5.75 Å². The molecule has 1 saturated carbocycles. The molecule has 2 N–H and O–H groups in total. The molecule has 7 nitrogen and oxygen atoms in total. The van der Waals surface area contributed by atoms with E-state index in [0.29, 0.717) is 35.8 Å². The smallest absolute Gasteiger partial charge is 0.338 e. The molecule has 0 saturated heterocycles. The van der Waals surface area contributed by atoms with E-state index >= 15 is 0 Å². The van der Waals surface area contributed by atoms with Gasteiger partial charge < -0.3 is 20.1 Å². The Labute approximate surface area is 200 Å². The number of nitrogens with one attached hydrogen (secondary N) is 2. The Hall–Kier alpha value is -2.54. The van der Waals surface area contributed by atoms with Crippen molar-refractivity contribution in [1.82, 2.24) is 10.6 Å². The van der Waals surface area contributed by atoms with Gasteiger partial charge in [-0.25, -0.2) is 9.59 Å². The number of ether oxygens (including phenoxy) is 2. The van der Waals surface area contributed by atoms with Crippen LogP contribution in [0.5, 0.6) is 5.75 Å². The maximum absolute atomic E-state index is 13.1. The van der Waals surface area contributed by atoms with E-state index in [1.165, 1.54) is 6.42 Å². The number of benzene rings is 1. The lowest BCUT2D eigenvalue weighted by molar-refractivity contribution is -0.143. The molecule has 0 radical (unpaired) electrons. The van der Waals surface area contributed by atoms with E-state index in [1.807, 2.05) is 6.92 Å². The number of halogens is 1. The number of esters is 2. The van der Waals surface area contributed by atoms with Crippen LogP contribution < -0.4 is 15.4 Å². The summed E-state index contributed by atoms with van der Waals surface area (Å²) in [5, 5.41) is 5.75. The van der Waals surface area contributed by atoms with Crippen LogP contribution in [0.25, 0.3) is 0 Å². The fraction of sp³-hybridized carbons (Fsp3) is 0.560. The predicted octanol–water partition coefficient (Wildman–Crippen LogP) is 5.43. The normalized spacial score (nSPS) is 19.5. The highest BCUT2D eigenvalue weighted by Crippen LogP contribution is 2.35. The monoisotopic (exact) mass is 476 g/mol. The van der Waals surface area contributed by atoms with Crippen LogP contribution >= 0.6 is 11.6 Å². The van der Waals surface area contributed by atoms with Crippen LogP contribution in [0, 0.1) is 11.3 Å². The lowest BCUT2D eigenvalue weighted by atomic mass is 9.90. The summed E-state index contributed by atoms with van der Waals surface area (Å²) in [5.41, 5.74) is 0.806. The van der Waals surface area contributed by atoms with Crippen molar-refractivity contribution in [2.75, 3.05) is 6.61 Å². The molecule has 1 aliphatic heterocycles. The molecule has 0 aromatic heterocycles. The Morgan fingerprint density at radius 1 is 1.15 bits per heavy atom. The largest absolute Gasteiger partial charge is 0.462 e. The van der Waals surface area contributed by atoms with E-state index < -0.39 is 29.4 Å². The molecule has 33 heavy (non-hydrogen) atoms. The molecule has 180 valence electrons. The highest BCUT2D eigenvalue weighted by atomic mass is 35.5. The molecular weight excluding hydrogens is 444 g/mol. The number of carbonyl (C=O) groups is 3. The van der Waals surface area contributed by atoms with E-state index in [1.54, 1.807) is 39.0 Å². The van der Waals surface area contributed by atoms with Crippen LogP contribution in [-0.2, 0) is 14.3 Å². The Morgan fingerprint density at radius 3 is 2.45 bits per heavy atom. The van der Waals surface area contributed by atoms with Crippen molar-refractivity contribution < 1.29 is 23.9 Å². The minimum Gasteiger partial charge on any atom is -0.462 e. The number of hydrogen-bond donors (Lipinski definition) is 2. The van der Waals surface area contributed by atoms with E-state index in [0.717, 1.165) is 25.7 Å². The highest BCUT2D eigenvalue weighted by molar-refractivity contribution is 6.32. The lowest BCUT2D eigenvalue weighted by Gasteiger charge is -2.30. The summed E-state index contributed by atoms with van der Waals surface area (Å²) in [7, 11) is 0. The number of urea groups is 1. The lowest BCUT2D eigenvalue weighted by Crippen LogP contribution is -2.46. The van der Waals surface area contributed by atoms with Crippen molar-refractivity contribution in [1.29, 1.82) is 0 Å². The molecule has 3 rings (SSSR count). The number of rotatable bonds is 6. The molecule has 0 spiro atoms. The zero-order chi connectivity index (χ0) is 24.2. The summed E-state index contributed by atoms with van der Waals surface area (Å²) in [6.07, 6.45) is 6.15. The number of allylic oxidation sites excluding steroid dienone is 1. The molecular formula is C25H33ClN2O5. The SMILES string of the molecule is CCC1=C(C(=O)OCC2CCCCC2)C(c2ccc(OC(=O)C(C)(C)C)c(Cl)c2)NC(=O)N1. The molecule has 0 bridgehead atoms. The first-order valence-corrected chi connectivity index (χ1v) is 12.0. The van der Waals surface area contributed by atoms with Gasteiger partial charge in [-0.05, 0) is 63.6 Å². The average Bonchev–Trinajstić information content (AvgIpc) is 2.78. The first kappa shape index (κ1) is 25.1. The van der Waals surface area contributed by atoms with Crippen LogP contribution in [0.1, 0.15) is 77.8 Å². The van der Waals surface area contributed by atoms with Crippen molar-refractivity contribution in [2.45, 2.75) is 72.3 Å². The van der Waals surface area contributed by atoms with Gasteiger partial charge in [-0.3, -0.25) is 4.79 Å². The standard InChI is InChI=1S/C25H33ClN2O5/c1-5-18-20(22(29)32-14-15-9-7-6-8-10-15)21(28-24(31)27-18)16-11-12-19(17(26)13-16)33-23(30)25(2,3)4/h11-13,15,21H,5-10,14H2,1-4H3,(H2,27,28,31). The predicted molar refractivity (Wildman–Crippen MR) is 126 cm³/mol. The van der Waals surface area contributed by atoms with Crippen LogP contribution in [0.4, 0.5) is 4.79 Å². The molecule has 8 heteroatoms. The third kappa shape index (κ3) is 6.28.